The van der Waals surface area contributed by atoms with Crippen molar-refractivity contribution in [2.45, 2.75) is 0 Å². The molecule has 5 aromatic rings. The van der Waals surface area contributed by atoms with Gasteiger partial charge in [0.25, 0.3) is 0 Å². The van der Waals surface area contributed by atoms with Crippen molar-refractivity contribution in [2.24, 2.45) is 0 Å². The van der Waals surface area contributed by atoms with Crippen LogP contribution in [0.15, 0.2) is 18.2 Å². The quantitative estimate of drug-likeness (QED) is 0.0982. The summed E-state index contributed by atoms with van der Waals surface area (Å²) in [6.45, 7) is 0. The highest BCUT2D eigenvalue weighted by Crippen LogP contribution is 2.37. The van der Waals surface area contributed by atoms with Gasteiger partial charge in [-0.15, -0.1) is 0 Å². The number of hydrogen-bond donors (Lipinski definition) is 4. The van der Waals surface area contributed by atoms with E-state index in [2.05, 4.69) is 25.8 Å². The van der Waals surface area contributed by atoms with Crippen LogP contribution in [0.3, 0.4) is 0 Å². The predicted octanol–water partition coefficient (Wildman–Crippen LogP) is 2.11. The molecule has 0 aliphatic carbocycles. The highest BCUT2D eigenvalue weighted by atomic mass is 19.2. The predicted molar refractivity (Wildman–Crippen MR) is 151 cm³/mol. The van der Waals surface area contributed by atoms with Crippen LogP contribution < -0.4 is 32.8 Å². The minimum Gasteiger partial charge on any atom is -0.383 e. The summed E-state index contributed by atoms with van der Waals surface area (Å²) in [7, 11) is 0. The largest absolute Gasteiger partial charge is 0.383 e. The monoisotopic (exact) mass is 615 g/mol. The molecule has 0 radical (unpaired) electrons. The lowest BCUT2D eigenvalue weighted by Crippen LogP contribution is -2.35. The number of hydrogen-bond acceptors (Lipinski definition) is 13. The Kier molecular flexibility index (Phi) is 7.22. The minimum atomic E-state index is -2.09. The first kappa shape index (κ1) is 29.8. The van der Waals surface area contributed by atoms with Crippen molar-refractivity contribution in [3.63, 3.8) is 0 Å². The summed E-state index contributed by atoms with van der Waals surface area (Å²) < 4.78 is 59.3. The molecule has 218 valence electrons. The SMILES string of the molecule is N#CC(C#N)=c1c(F)c(F)c(=C(C#N)NNc2cc3c4cc(C#N)c(N)nc4c4nc(C#N)c(C#N)cc4c3nc2N)c(F)c1F. The third-order valence-corrected chi connectivity index (χ3v) is 6.66. The summed E-state index contributed by atoms with van der Waals surface area (Å²) in [5.74, 6) is -8.79. The number of halogens is 4. The fraction of sp³-hybridized carbons (Fsp3) is 0. The van der Waals surface area contributed by atoms with Crippen LogP contribution in [-0.4, -0.2) is 15.0 Å². The van der Waals surface area contributed by atoms with E-state index in [1.54, 1.807) is 0 Å². The molecule has 6 N–H and O–H groups in total. The average Bonchev–Trinajstić information content (AvgIpc) is 3.06. The van der Waals surface area contributed by atoms with Gasteiger partial charge in [-0.3, -0.25) is 10.9 Å². The topological polar surface area (TPSA) is 258 Å². The third kappa shape index (κ3) is 4.40. The Morgan fingerprint density at radius 3 is 1.72 bits per heavy atom. The molecule has 0 saturated carbocycles. The van der Waals surface area contributed by atoms with E-state index < -0.39 is 45.0 Å². The first-order valence-corrected chi connectivity index (χ1v) is 12.2. The van der Waals surface area contributed by atoms with E-state index in [1.165, 1.54) is 24.3 Å². The normalized spacial score (nSPS) is 10.2. The molecule has 0 atom stereocenters. The van der Waals surface area contributed by atoms with Crippen molar-refractivity contribution in [1.82, 2.24) is 20.4 Å². The summed E-state index contributed by atoms with van der Waals surface area (Å²) in [5, 5.41) is 53.7. The van der Waals surface area contributed by atoms with Crippen molar-refractivity contribution < 1.29 is 17.6 Å². The maximum atomic E-state index is 14.9. The Hall–Kier alpha value is -7.73. The maximum Gasteiger partial charge on any atom is 0.172 e. The van der Waals surface area contributed by atoms with Gasteiger partial charge in [-0.05, 0) is 18.2 Å². The molecule has 5 rings (SSSR count). The van der Waals surface area contributed by atoms with Crippen LogP contribution in [0, 0.1) is 91.3 Å². The van der Waals surface area contributed by atoms with Gasteiger partial charge in [-0.1, -0.05) is 0 Å². The van der Waals surface area contributed by atoms with Crippen LogP contribution in [0.2, 0.25) is 0 Å². The summed E-state index contributed by atoms with van der Waals surface area (Å²) in [5.41, 5.74) is 14.1. The Bertz CT molecular complexity index is 2580. The molecule has 0 bridgehead atoms. The molecule has 0 fully saturated rings. The van der Waals surface area contributed by atoms with E-state index in [9.17, 15) is 38.6 Å². The molecule has 2 aromatic carbocycles. The van der Waals surface area contributed by atoms with Gasteiger partial charge < -0.3 is 11.5 Å². The Morgan fingerprint density at radius 2 is 1.15 bits per heavy atom. The molecular weight excluding hydrogens is 606 g/mol. The molecule has 3 heterocycles. The van der Waals surface area contributed by atoms with E-state index in [0.717, 1.165) is 12.1 Å². The fourth-order valence-corrected chi connectivity index (χ4v) is 4.57. The highest BCUT2D eigenvalue weighted by Gasteiger charge is 2.24. The van der Waals surface area contributed by atoms with Crippen molar-refractivity contribution in [3.8, 4) is 36.4 Å². The van der Waals surface area contributed by atoms with Gasteiger partial charge in [0.15, 0.2) is 29.0 Å². The molecule has 13 nitrogen and oxygen atoms in total. The number of fused-ring (bicyclic) bond motifs is 6. The van der Waals surface area contributed by atoms with E-state index in [1.807, 2.05) is 18.2 Å². The van der Waals surface area contributed by atoms with Crippen molar-refractivity contribution in [1.29, 1.82) is 31.6 Å². The summed E-state index contributed by atoms with van der Waals surface area (Å²) in [6.07, 6.45) is 0. The standard InChI is InChI=1S/C29H9F4N13/c30-21-19(12(6-36)7-37)22(31)24(33)20(23(21)32)18(9-39)46-45-16-3-14-13-2-11(5-35)28(40)44-26(13)27-15(25(14)43-29(16)41)1-10(4-34)17(8-38)42-27/h1-3,45-46H,(H2,40,44)(H2,41,43). The van der Waals surface area contributed by atoms with Crippen LogP contribution in [0.1, 0.15) is 16.8 Å². The van der Waals surface area contributed by atoms with E-state index in [4.69, 9.17) is 22.0 Å². The number of nitrogens with one attached hydrogen (secondary N) is 2. The zero-order valence-corrected chi connectivity index (χ0v) is 22.4. The number of benzene rings is 2. The molecule has 0 unspecified atom stereocenters. The number of nitrogens with zero attached hydrogens (tertiary/aromatic N) is 9. The smallest absolute Gasteiger partial charge is 0.172 e. The van der Waals surface area contributed by atoms with Gasteiger partial charge in [0.1, 0.15) is 64.8 Å². The molecule has 0 aliphatic heterocycles. The van der Waals surface area contributed by atoms with Gasteiger partial charge in [0.2, 0.25) is 0 Å². The van der Waals surface area contributed by atoms with Crippen molar-refractivity contribution in [2.75, 3.05) is 16.9 Å². The third-order valence-electron chi connectivity index (χ3n) is 6.66. The van der Waals surface area contributed by atoms with Crippen LogP contribution >= 0.6 is 0 Å². The van der Waals surface area contributed by atoms with Gasteiger partial charge in [0.05, 0.1) is 38.3 Å². The lowest BCUT2D eigenvalue weighted by atomic mass is 10.00. The van der Waals surface area contributed by atoms with Gasteiger partial charge in [0, 0.05) is 16.2 Å². The van der Waals surface area contributed by atoms with Gasteiger partial charge >= 0.3 is 0 Å². The summed E-state index contributed by atoms with van der Waals surface area (Å²) in [6, 6.07) is 13.2. The zero-order chi connectivity index (χ0) is 33.4. The number of aromatic nitrogens is 3. The van der Waals surface area contributed by atoms with Gasteiger partial charge in [-0.25, -0.2) is 32.5 Å². The molecule has 46 heavy (non-hydrogen) atoms. The molecule has 3 aromatic heterocycles. The van der Waals surface area contributed by atoms with E-state index in [0.29, 0.717) is 0 Å². The van der Waals surface area contributed by atoms with Crippen LogP contribution in [-0.2, 0) is 0 Å². The Labute approximate surface area is 253 Å². The second-order valence-corrected chi connectivity index (χ2v) is 9.09. The lowest BCUT2D eigenvalue weighted by molar-refractivity contribution is 0.434. The molecule has 0 spiro atoms. The number of rotatable bonds is 3. The molecule has 0 saturated heterocycles. The minimum absolute atomic E-state index is 0.0430. The van der Waals surface area contributed by atoms with Gasteiger partial charge in [-0.2, -0.15) is 31.6 Å². The number of hydrazine groups is 1. The Morgan fingerprint density at radius 1 is 0.609 bits per heavy atom. The average molecular weight is 615 g/mol. The van der Waals surface area contributed by atoms with Crippen LogP contribution in [0.25, 0.3) is 44.0 Å². The summed E-state index contributed by atoms with van der Waals surface area (Å²) >= 11 is 0. The number of pyridine rings is 3. The Balaban J connectivity index is 1.78. The highest BCUT2D eigenvalue weighted by molar-refractivity contribution is 6.23. The zero-order valence-electron chi connectivity index (χ0n) is 22.4. The number of nitrogen functional groups attached to an aromatic ring is 2. The summed E-state index contributed by atoms with van der Waals surface area (Å²) in [4.78, 5) is 12.8. The van der Waals surface area contributed by atoms with Crippen molar-refractivity contribution in [3.05, 3.63) is 68.7 Å². The number of nitriles is 6. The van der Waals surface area contributed by atoms with E-state index >= 15 is 0 Å². The second-order valence-electron chi connectivity index (χ2n) is 9.09. The molecule has 17 heteroatoms. The molecular formula is C29H9F4N13. The lowest BCUT2D eigenvalue weighted by Gasteiger charge is -2.15. The second kappa shape index (κ2) is 11.2. The molecule has 0 aliphatic rings. The maximum absolute atomic E-state index is 14.9. The number of nitrogens with two attached hydrogens (primary N) is 2. The molecule has 0 amide bonds. The fourth-order valence-electron chi connectivity index (χ4n) is 4.57. The van der Waals surface area contributed by atoms with E-state index in [-0.39, 0.29) is 66.9 Å². The van der Waals surface area contributed by atoms with Crippen LogP contribution in [0.4, 0.5) is 34.9 Å². The number of anilines is 3. The first-order chi connectivity index (χ1) is 22.0. The first-order valence-electron chi connectivity index (χ1n) is 12.2. The van der Waals surface area contributed by atoms with Crippen molar-refractivity contribution >= 4 is 61.3 Å². The van der Waals surface area contributed by atoms with Crippen LogP contribution in [0.5, 0.6) is 0 Å².